The van der Waals surface area contributed by atoms with Gasteiger partial charge in [-0.2, -0.15) is 0 Å². The van der Waals surface area contributed by atoms with Crippen LogP contribution < -0.4 is 10.1 Å². The first-order valence-electron chi connectivity index (χ1n) is 10.8. The lowest BCUT2D eigenvalue weighted by Gasteiger charge is -2.33. The second-order valence-corrected chi connectivity index (χ2v) is 9.50. The van der Waals surface area contributed by atoms with Gasteiger partial charge in [0.1, 0.15) is 12.4 Å². The second kappa shape index (κ2) is 9.51. The number of nitrogens with one attached hydrogen (secondary N) is 1. The SMILES string of the molecule is CCc1sc([C@H]2C(C(=O)OC)=C(C)NC3=C2C(=O)CCC3)cc1COc1ccccc1Cl. The number of esters is 1. The molecule has 0 radical (unpaired) electrons. The van der Waals surface area contributed by atoms with E-state index in [-0.39, 0.29) is 5.78 Å². The van der Waals surface area contributed by atoms with Crippen molar-refractivity contribution in [3.63, 3.8) is 0 Å². The smallest absolute Gasteiger partial charge is 0.336 e. The van der Waals surface area contributed by atoms with Gasteiger partial charge in [0.2, 0.25) is 0 Å². The summed E-state index contributed by atoms with van der Waals surface area (Å²) in [5.41, 5.74) is 3.92. The Morgan fingerprint density at radius 1 is 1.28 bits per heavy atom. The van der Waals surface area contributed by atoms with E-state index in [4.69, 9.17) is 21.1 Å². The zero-order valence-corrected chi connectivity index (χ0v) is 20.0. The third-order valence-electron chi connectivity index (χ3n) is 5.92. The Labute approximate surface area is 197 Å². The zero-order valence-electron chi connectivity index (χ0n) is 18.4. The number of carbonyl (C=O) groups is 2. The van der Waals surface area contributed by atoms with E-state index in [2.05, 4.69) is 18.3 Å². The normalized spacial score (nSPS) is 18.4. The van der Waals surface area contributed by atoms with Gasteiger partial charge in [-0.3, -0.25) is 4.79 Å². The van der Waals surface area contributed by atoms with Gasteiger partial charge in [-0.15, -0.1) is 11.3 Å². The first-order chi connectivity index (χ1) is 15.4. The molecular formula is C25H26ClNO4S. The van der Waals surface area contributed by atoms with Crippen LogP contribution in [0, 0.1) is 0 Å². The molecule has 7 heteroatoms. The molecule has 1 aromatic carbocycles. The number of ether oxygens (including phenoxy) is 2. The summed E-state index contributed by atoms with van der Waals surface area (Å²) >= 11 is 7.87. The van der Waals surface area contributed by atoms with Crippen LogP contribution in [0.5, 0.6) is 5.75 Å². The van der Waals surface area contributed by atoms with Gasteiger partial charge in [0.05, 0.1) is 23.6 Å². The summed E-state index contributed by atoms with van der Waals surface area (Å²) in [6.07, 6.45) is 2.95. The third-order valence-corrected chi connectivity index (χ3v) is 7.62. The van der Waals surface area contributed by atoms with Crippen molar-refractivity contribution in [2.45, 2.75) is 52.1 Å². The van der Waals surface area contributed by atoms with E-state index in [9.17, 15) is 9.59 Å². The number of dihydropyridines is 1. The molecule has 1 aliphatic carbocycles. The van der Waals surface area contributed by atoms with Gasteiger partial charge in [-0.1, -0.05) is 30.7 Å². The molecule has 0 spiro atoms. The van der Waals surface area contributed by atoms with E-state index < -0.39 is 11.9 Å². The maximum Gasteiger partial charge on any atom is 0.336 e. The van der Waals surface area contributed by atoms with Gasteiger partial charge in [0.15, 0.2) is 5.78 Å². The highest BCUT2D eigenvalue weighted by Crippen LogP contribution is 2.45. The van der Waals surface area contributed by atoms with Crippen LogP contribution in [0.2, 0.25) is 5.02 Å². The van der Waals surface area contributed by atoms with Crippen molar-refractivity contribution in [2.24, 2.45) is 0 Å². The lowest BCUT2D eigenvalue weighted by Crippen LogP contribution is -2.33. The number of hydrogen-bond donors (Lipinski definition) is 1. The summed E-state index contributed by atoms with van der Waals surface area (Å²) in [7, 11) is 1.38. The molecule has 4 rings (SSSR count). The van der Waals surface area contributed by atoms with Crippen molar-refractivity contribution >= 4 is 34.7 Å². The molecule has 0 saturated carbocycles. The Bertz CT molecular complexity index is 1130. The minimum Gasteiger partial charge on any atom is -0.487 e. The van der Waals surface area contributed by atoms with Crippen LogP contribution in [0.1, 0.15) is 54.3 Å². The Kier molecular flexibility index (Phi) is 6.72. The van der Waals surface area contributed by atoms with E-state index in [1.54, 1.807) is 17.4 Å². The highest BCUT2D eigenvalue weighted by atomic mass is 35.5. The quantitative estimate of drug-likeness (QED) is 0.549. The predicted octanol–water partition coefficient (Wildman–Crippen LogP) is 5.68. The van der Waals surface area contributed by atoms with Gasteiger partial charge >= 0.3 is 5.97 Å². The van der Waals surface area contributed by atoms with Gasteiger partial charge in [0.25, 0.3) is 0 Å². The maximum absolute atomic E-state index is 13.0. The molecular weight excluding hydrogens is 446 g/mol. The Morgan fingerprint density at radius 2 is 2.06 bits per heavy atom. The monoisotopic (exact) mass is 471 g/mol. The van der Waals surface area contributed by atoms with Crippen LogP contribution >= 0.6 is 22.9 Å². The average Bonchev–Trinajstić information content (AvgIpc) is 3.20. The summed E-state index contributed by atoms with van der Waals surface area (Å²) < 4.78 is 11.1. The molecule has 2 aromatic rings. The number of thiophene rings is 1. The van der Waals surface area contributed by atoms with Crippen molar-refractivity contribution in [1.29, 1.82) is 0 Å². The lowest BCUT2D eigenvalue weighted by atomic mass is 9.78. The largest absolute Gasteiger partial charge is 0.487 e. The Balaban J connectivity index is 1.74. The van der Waals surface area contributed by atoms with Crippen molar-refractivity contribution in [1.82, 2.24) is 5.32 Å². The predicted molar refractivity (Wildman–Crippen MR) is 126 cm³/mol. The molecule has 0 unspecified atom stereocenters. The number of carbonyl (C=O) groups excluding carboxylic acids is 2. The highest BCUT2D eigenvalue weighted by Gasteiger charge is 2.40. The number of rotatable bonds is 6. The fourth-order valence-corrected chi connectivity index (χ4v) is 5.84. The van der Waals surface area contributed by atoms with Crippen molar-refractivity contribution in [2.75, 3.05) is 7.11 Å². The number of hydrogen-bond acceptors (Lipinski definition) is 6. The van der Waals surface area contributed by atoms with E-state index in [1.165, 1.54) is 7.11 Å². The van der Waals surface area contributed by atoms with Crippen molar-refractivity contribution in [3.05, 3.63) is 73.2 Å². The number of Topliss-reactive ketones (excluding diaryl/α,β-unsaturated/α-hetero) is 1. The van der Waals surface area contributed by atoms with E-state index in [0.29, 0.717) is 34.9 Å². The van der Waals surface area contributed by atoms with Crippen LogP contribution in [0.15, 0.2) is 52.9 Å². The standard InChI is InChI=1S/C25H26ClNO4S/c1-4-20-15(13-31-19-11-6-5-8-16(19)26)12-21(32-20)24-22(25(29)30-3)14(2)27-17-9-7-10-18(28)23(17)24/h5-6,8,11-12,24,27H,4,7,9-10,13H2,1-3H3/t24-/m0/s1. The summed E-state index contributed by atoms with van der Waals surface area (Å²) in [6, 6.07) is 9.45. The number of allylic oxidation sites excluding steroid dienone is 3. The van der Waals surface area contributed by atoms with Gasteiger partial charge in [-0.25, -0.2) is 4.79 Å². The molecule has 168 valence electrons. The van der Waals surface area contributed by atoms with Crippen molar-refractivity contribution in [3.8, 4) is 5.75 Å². The van der Waals surface area contributed by atoms with E-state index in [1.807, 2.05) is 25.1 Å². The van der Waals surface area contributed by atoms with Crippen LogP contribution in [0.25, 0.3) is 0 Å². The first kappa shape index (κ1) is 22.6. The molecule has 0 fully saturated rings. The average molecular weight is 472 g/mol. The summed E-state index contributed by atoms with van der Waals surface area (Å²) in [5.74, 6) is -0.108. The van der Waals surface area contributed by atoms with Crippen molar-refractivity contribution < 1.29 is 19.1 Å². The molecule has 2 heterocycles. The minimum atomic E-state index is -0.420. The Morgan fingerprint density at radius 3 is 2.78 bits per heavy atom. The minimum absolute atomic E-state index is 0.0953. The van der Waals surface area contributed by atoms with Gasteiger partial charge in [0, 0.05) is 38.7 Å². The molecule has 0 saturated heterocycles. The summed E-state index contributed by atoms with van der Waals surface area (Å²) in [5, 5.41) is 3.87. The number of ketones is 1. The Hall–Kier alpha value is -2.57. The van der Waals surface area contributed by atoms with Crippen LogP contribution in [0.4, 0.5) is 0 Å². The molecule has 1 atom stereocenters. The van der Waals surface area contributed by atoms with E-state index >= 15 is 0 Å². The number of para-hydroxylation sites is 1. The van der Waals surface area contributed by atoms with E-state index in [0.717, 1.165) is 46.0 Å². The van der Waals surface area contributed by atoms with Crippen LogP contribution in [-0.4, -0.2) is 18.9 Å². The molecule has 1 aliphatic heterocycles. The van der Waals surface area contributed by atoms with Gasteiger partial charge < -0.3 is 14.8 Å². The summed E-state index contributed by atoms with van der Waals surface area (Å²) in [6.45, 7) is 4.33. The number of methoxy groups -OCH3 is 1. The van der Waals surface area contributed by atoms with Crippen LogP contribution in [-0.2, 0) is 27.4 Å². The first-order valence-corrected chi connectivity index (χ1v) is 11.9. The lowest BCUT2D eigenvalue weighted by molar-refractivity contribution is -0.136. The molecule has 0 bridgehead atoms. The number of halogens is 1. The number of benzene rings is 1. The molecule has 5 nitrogen and oxygen atoms in total. The third kappa shape index (κ3) is 4.21. The molecule has 1 N–H and O–H groups in total. The van der Waals surface area contributed by atoms with Gasteiger partial charge in [-0.05, 0) is 44.4 Å². The maximum atomic E-state index is 13.0. The van der Waals surface area contributed by atoms with Crippen LogP contribution in [0.3, 0.4) is 0 Å². The molecule has 1 aromatic heterocycles. The fourth-order valence-electron chi connectivity index (χ4n) is 4.42. The second-order valence-electron chi connectivity index (χ2n) is 7.93. The fraction of sp³-hybridized carbons (Fsp3) is 0.360. The molecule has 2 aliphatic rings. The topological polar surface area (TPSA) is 64.6 Å². The summed E-state index contributed by atoms with van der Waals surface area (Å²) in [4.78, 5) is 27.9. The zero-order chi connectivity index (χ0) is 22.8. The highest BCUT2D eigenvalue weighted by molar-refractivity contribution is 7.12. The molecule has 0 amide bonds. The number of aryl methyl sites for hydroxylation is 1. The molecule has 32 heavy (non-hydrogen) atoms.